The van der Waals surface area contributed by atoms with E-state index in [1.54, 1.807) is 19.1 Å². The SMILES string of the molecule is Cc1cc([N+](=O)[O-])ccc1NC(=O)COC(=O)[C@@H]1CC(=O)N(Cc2ccco2)C1. The molecule has 3 rings (SSSR count). The number of hydrogen-bond donors (Lipinski definition) is 1. The van der Waals surface area contributed by atoms with Gasteiger partial charge in [-0.15, -0.1) is 0 Å². The molecule has 0 aliphatic carbocycles. The fourth-order valence-electron chi connectivity index (χ4n) is 3.02. The maximum atomic E-state index is 12.2. The van der Waals surface area contributed by atoms with Gasteiger partial charge in [0.1, 0.15) is 5.76 Å². The number of nitrogens with zero attached hydrogens (tertiary/aromatic N) is 2. The van der Waals surface area contributed by atoms with Crippen LogP contribution >= 0.6 is 0 Å². The molecular formula is C19H19N3O7. The Morgan fingerprint density at radius 1 is 1.38 bits per heavy atom. The molecule has 1 aliphatic heterocycles. The van der Waals surface area contributed by atoms with E-state index in [1.807, 2.05) is 0 Å². The molecular weight excluding hydrogens is 382 g/mol. The van der Waals surface area contributed by atoms with E-state index in [-0.39, 0.29) is 31.1 Å². The summed E-state index contributed by atoms with van der Waals surface area (Å²) in [6.07, 6.45) is 1.52. The molecule has 0 saturated carbocycles. The quantitative estimate of drug-likeness (QED) is 0.426. The van der Waals surface area contributed by atoms with Crippen molar-refractivity contribution in [3.8, 4) is 0 Å². The van der Waals surface area contributed by atoms with Crippen molar-refractivity contribution in [3.63, 3.8) is 0 Å². The van der Waals surface area contributed by atoms with Gasteiger partial charge in [-0.3, -0.25) is 24.5 Å². The Labute approximate surface area is 165 Å². The summed E-state index contributed by atoms with van der Waals surface area (Å²) in [6, 6.07) is 7.47. The van der Waals surface area contributed by atoms with Gasteiger partial charge in [0.25, 0.3) is 11.6 Å². The number of anilines is 1. The topological polar surface area (TPSA) is 132 Å². The minimum Gasteiger partial charge on any atom is -0.467 e. The summed E-state index contributed by atoms with van der Waals surface area (Å²) in [5, 5.41) is 13.3. The fourth-order valence-corrected chi connectivity index (χ4v) is 3.02. The van der Waals surface area contributed by atoms with Crippen LogP contribution < -0.4 is 5.32 Å². The lowest BCUT2D eigenvalue weighted by molar-refractivity contribution is -0.384. The Morgan fingerprint density at radius 3 is 2.83 bits per heavy atom. The standard InChI is InChI=1S/C19H19N3O7/c1-12-7-14(22(26)27)4-5-16(12)20-17(23)11-29-19(25)13-8-18(24)21(9-13)10-15-3-2-6-28-15/h2-7,13H,8-11H2,1H3,(H,20,23)/t13-/m1/s1. The Kier molecular flexibility index (Phi) is 5.91. The van der Waals surface area contributed by atoms with Crippen molar-refractivity contribution < 1.29 is 28.5 Å². The Balaban J connectivity index is 1.48. The number of furan rings is 1. The average Bonchev–Trinajstić information content (AvgIpc) is 3.32. The van der Waals surface area contributed by atoms with Gasteiger partial charge >= 0.3 is 5.97 Å². The highest BCUT2D eigenvalue weighted by molar-refractivity contribution is 5.94. The molecule has 1 fully saturated rings. The highest BCUT2D eigenvalue weighted by Crippen LogP contribution is 2.23. The van der Waals surface area contributed by atoms with E-state index in [1.165, 1.54) is 29.4 Å². The zero-order chi connectivity index (χ0) is 21.0. The number of carbonyl (C=O) groups excluding carboxylic acids is 3. The number of amides is 2. The number of nitro groups is 1. The zero-order valence-electron chi connectivity index (χ0n) is 15.6. The number of benzene rings is 1. The van der Waals surface area contributed by atoms with Crippen molar-refractivity contribution >= 4 is 29.2 Å². The van der Waals surface area contributed by atoms with Crippen molar-refractivity contribution in [2.24, 2.45) is 5.92 Å². The molecule has 1 saturated heterocycles. The van der Waals surface area contributed by atoms with E-state index >= 15 is 0 Å². The molecule has 1 aromatic heterocycles. The summed E-state index contributed by atoms with van der Waals surface area (Å²) in [6.45, 7) is 1.57. The Bertz CT molecular complexity index is 939. The lowest BCUT2D eigenvalue weighted by Gasteiger charge is -2.14. The molecule has 2 amide bonds. The van der Waals surface area contributed by atoms with Crippen molar-refractivity contribution in [3.05, 3.63) is 58.0 Å². The summed E-state index contributed by atoms with van der Waals surface area (Å²) in [4.78, 5) is 48.0. The number of carbonyl (C=O) groups is 3. The molecule has 0 bridgehead atoms. The third-order valence-electron chi connectivity index (χ3n) is 4.52. The third-order valence-corrected chi connectivity index (χ3v) is 4.52. The number of aryl methyl sites for hydroxylation is 1. The van der Waals surface area contributed by atoms with Gasteiger partial charge < -0.3 is 19.4 Å². The van der Waals surface area contributed by atoms with Gasteiger partial charge in [0.2, 0.25) is 5.91 Å². The smallest absolute Gasteiger partial charge is 0.311 e. The number of hydrogen-bond acceptors (Lipinski definition) is 7. The molecule has 0 unspecified atom stereocenters. The lowest BCUT2D eigenvalue weighted by atomic mass is 10.1. The monoisotopic (exact) mass is 401 g/mol. The van der Waals surface area contributed by atoms with Gasteiger partial charge in [-0.05, 0) is 30.7 Å². The predicted molar refractivity (Wildman–Crippen MR) is 99.7 cm³/mol. The Morgan fingerprint density at radius 2 is 2.17 bits per heavy atom. The number of nitro benzene ring substituents is 1. The first-order valence-electron chi connectivity index (χ1n) is 8.85. The molecule has 10 nitrogen and oxygen atoms in total. The van der Waals surface area contributed by atoms with Crippen LogP contribution in [-0.2, 0) is 25.7 Å². The van der Waals surface area contributed by atoms with Gasteiger partial charge in [0.15, 0.2) is 6.61 Å². The largest absolute Gasteiger partial charge is 0.467 e. The van der Waals surface area contributed by atoms with Gasteiger partial charge in [0, 0.05) is 30.8 Å². The van der Waals surface area contributed by atoms with Crippen LogP contribution in [0.15, 0.2) is 41.0 Å². The second-order valence-electron chi connectivity index (χ2n) is 6.67. The minimum absolute atomic E-state index is 0.0165. The zero-order valence-corrected chi connectivity index (χ0v) is 15.6. The molecule has 1 aromatic carbocycles. The van der Waals surface area contributed by atoms with Gasteiger partial charge in [0.05, 0.1) is 23.6 Å². The third kappa shape index (κ3) is 4.98. The van der Waals surface area contributed by atoms with E-state index in [0.717, 1.165) is 0 Å². The van der Waals surface area contributed by atoms with E-state index in [9.17, 15) is 24.5 Å². The highest BCUT2D eigenvalue weighted by Gasteiger charge is 2.35. The van der Waals surface area contributed by atoms with Gasteiger partial charge in [-0.1, -0.05) is 0 Å². The van der Waals surface area contributed by atoms with Crippen molar-refractivity contribution in [1.82, 2.24) is 4.90 Å². The molecule has 1 aliphatic rings. The number of rotatable bonds is 7. The van der Waals surface area contributed by atoms with Crippen LogP contribution in [-0.4, -0.2) is 40.8 Å². The highest BCUT2D eigenvalue weighted by atomic mass is 16.6. The first-order valence-corrected chi connectivity index (χ1v) is 8.85. The molecule has 2 heterocycles. The molecule has 0 radical (unpaired) electrons. The summed E-state index contributed by atoms with van der Waals surface area (Å²) in [5.41, 5.74) is 0.808. The molecule has 152 valence electrons. The number of esters is 1. The first kappa shape index (κ1) is 20.1. The maximum absolute atomic E-state index is 12.2. The van der Waals surface area contributed by atoms with Crippen LogP contribution in [0.25, 0.3) is 0 Å². The summed E-state index contributed by atoms with van der Waals surface area (Å²) in [5.74, 6) is -1.42. The summed E-state index contributed by atoms with van der Waals surface area (Å²) >= 11 is 0. The number of ether oxygens (including phenoxy) is 1. The molecule has 0 spiro atoms. The van der Waals surface area contributed by atoms with E-state index < -0.39 is 29.3 Å². The lowest BCUT2D eigenvalue weighted by Crippen LogP contribution is -2.28. The second-order valence-corrected chi connectivity index (χ2v) is 6.67. The van der Waals surface area contributed by atoms with Crippen LogP contribution in [0.1, 0.15) is 17.7 Å². The van der Waals surface area contributed by atoms with Crippen LogP contribution in [0.4, 0.5) is 11.4 Å². The minimum atomic E-state index is -0.647. The van der Waals surface area contributed by atoms with Crippen LogP contribution in [0, 0.1) is 23.0 Å². The number of non-ortho nitro benzene ring substituents is 1. The molecule has 29 heavy (non-hydrogen) atoms. The molecule has 2 aromatic rings. The van der Waals surface area contributed by atoms with Crippen molar-refractivity contribution in [2.45, 2.75) is 19.9 Å². The molecule has 1 atom stereocenters. The van der Waals surface area contributed by atoms with Gasteiger partial charge in [-0.25, -0.2) is 0 Å². The second kappa shape index (κ2) is 8.55. The van der Waals surface area contributed by atoms with Crippen molar-refractivity contribution in [2.75, 3.05) is 18.5 Å². The molecule has 1 N–H and O–H groups in total. The van der Waals surface area contributed by atoms with Gasteiger partial charge in [-0.2, -0.15) is 0 Å². The van der Waals surface area contributed by atoms with E-state index in [4.69, 9.17) is 9.15 Å². The predicted octanol–water partition coefficient (Wildman–Crippen LogP) is 2.03. The Hall–Kier alpha value is -3.69. The average molecular weight is 401 g/mol. The van der Waals surface area contributed by atoms with E-state index in [2.05, 4.69) is 5.32 Å². The number of nitrogens with one attached hydrogen (secondary N) is 1. The maximum Gasteiger partial charge on any atom is 0.311 e. The van der Waals surface area contributed by atoms with Crippen LogP contribution in [0.2, 0.25) is 0 Å². The normalized spacial score (nSPS) is 16.0. The summed E-state index contributed by atoms with van der Waals surface area (Å²) < 4.78 is 10.2. The first-order chi connectivity index (χ1) is 13.8. The molecule has 10 heteroatoms. The van der Waals surface area contributed by atoms with Crippen LogP contribution in [0.5, 0.6) is 0 Å². The van der Waals surface area contributed by atoms with E-state index in [0.29, 0.717) is 17.0 Å². The summed E-state index contributed by atoms with van der Waals surface area (Å²) in [7, 11) is 0. The fraction of sp³-hybridized carbons (Fsp3) is 0.316. The van der Waals surface area contributed by atoms with Crippen molar-refractivity contribution in [1.29, 1.82) is 0 Å². The van der Waals surface area contributed by atoms with Crippen LogP contribution in [0.3, 0.4) is 0 Å². The number of likely N-dealkylation sites (tertiary alicyclic amines) is 1.